The molecule has 1 fully saturated rings. The first kappa shape index (κ1) is 18.9. The van der Waals surface area contributed by atoms with Crippen LogP contribution in [0.3, 0.4) is 0 Å². The molecule has 0 amide bonds. The summed E-state index contributed by atoms with van der Waals surface area (Å²) in [4.78, 5) is 16.5. The molecule has 0 aromatic rings. The second-order valence-electron chi connectivity index (χ2n) is 2.31. The Kier molecular flexibility index (Phi) is 33.1. The van der Waals surface area contributed by atoms with E-state index >= 15 is 0 Å². The minimum absolute atomic E-state index is 0. The van der Waals surface area contributed by atoms with E-state index in [2.05, 4.69) is 0 Å². The van der Waals surface area contributed by atoms with Crippen LogP contribution in [0.25, 0.3) is 0 Å². The monoisotopic (exact) mass is 214 g/mol. The number of carbonyl (C=O) groups is 2. The summed E-state index contributed by atoms with van der Waals surface area (Å²) in [6.45, 7) is -1.00. The number of carbonyl (C=O) groups excluding carboxylic acids is 2. The molecule has 0 heterocycles. The van der Waals surface area contributed by atoms with Gasteiger partial charge in [-0.1, -0.05) is 38.5 Å². The molecule has 4 nitrogen and oxygen atoms in total. The van der Waals surface area contributed by atoms with E-state index < -0.39 is 12.9 Å². The molecule has 1 aliphatic carbocycles. The van der Waals surface area contributed by atoms with Gasteiger partial charge in [-0.05, 0) is 0 Å². The van der Waals surface area contributed by atoms with Gasteiger partial charge in [-0.15, -0.1) is 0 Å². The molecular weight excluding hydrogens is 200 g/mol. The summed E-state index contributed by atoms with van der Waals surface area (Å²) in [7, 11) is 0. The Morgan fingerprint density at radius 3 is 0.846 bits per heavy atom. The minimum atomic E-state index is -0.500. The molecule has 0 radical (unpaired) electrons. The molecule has 0 aliphatic heterocycles. The average molecular weight is 214 g/mol. The molecule has 0 saturated heterocycles. The second kappa shape index (κ2) is 22.8. The predicted molar refractivity (Wildman–Crippen MR) is 45.6 cm³/mol. The van der Waals surface area contributed by atoms with E-state index in [1.807, 2.05) is 0 Å². The van der Waals surface area contributed by atoms with Gasteiger partial charge < -0.3 is 19.8 Å². The van der Waals surface area contributed by atoms with E-state index in [1.54, 1.807) is 0 Å². The van der Waals surface area contributed by atoms with E-state index in [-0.39, 0.29) is 37.7 Å². The van der Waals surface area contributed by atoms with Gasteiger partial charge in [0.2, 0.25) is 0 Å². The van der Waals surface area contributed by atoms with Gasteiger partial charge in [-0.2, -0.15) is 0 Å². The van der Waals surface area contributed by atoms with Crippen molar-refractivity contribution in [3.05, 3.63) is 0 Å². The van der Waals surface area contributed by atoms with Gasteiger partial charge in [0.25, 0.3) is 0 Å². The number of carboxylic acid groups (broad SMARTS) is 2. The van der Waals surface area contributed by atoms with E-state index in [4.69, 9.17) is 19.8 Å². The molecule has 5 heteroatoms. The summed E-state index contributed by atoms with van der Waals surface area (Å²) in [5, 5.41) is 16.5. The summed E-state index contributed by atoms with van der Waals surface area (Å²) in [6.07, 6.45) is 9.00. The normalized spacial score (nSPS) is 12.9. The Morgan fingerprint density at radius 2 is 0.769 bits per heavy atom. The summed E-state index contributed by atoms with van der Waals surface area (Å²) in [5.41, 5.74) is 0. The zero-order chi connectivity index (χ0) is 9.66. The van der Waals surface area contributed by atoms with Crippen molar-refractivity contribution < 1.29 is 19.8 Å². The smallest absolute Gasteiger partial charge is 0.554 e. The third-order valence-electron chi connectivity index (χ3n) is 1.50. The van der Waals surface area contributed by atoms with E-state index in [0.717, 1.165) is 0 Å². The van der Waals surface area contributed by atoms with Gasteiger partial charge in [0.05, 0.1) is 0 Å². The summed E-state index contributed by atoms with van der Waals surface area (Å²) >= 11 is 0. The topological polar surface area (TPSA) is 80.3 Å². The average Bonchev–Trinajstić information content (AvgIpc) is 2.10. The van der Waals surface area contributed by atoms with Gasteiger partial charge >= 0.3 is 37.7 Å². The SMILES string of the molecule is C1CCCCC1.O=C[O-].O=C[O-].[Ca+2]. The molecule has 1 rings (SSSR count). The first-order valence-corrected chi connectivity index (χ1v) is 3.94. The van der Waals surface area contributed by atoms with Crippen LogP contribution in [0.5, 0.6) is 0 Å². The molecule has 13 heavy (non-hydrogen) atoms. The second-order valence-corrected chi connectivity index (χ2v) is 2.31. The first-order valence-electron chi connectivity index (χ1n) is 3.94. The Hall–Kier alpha value is 0.200. The van der Waals surface area contributed by atoms with Crippen LogP contribution in [-0.2, 0) is 9.59 Å². The van der Waals surface area contributed by atoms with Crippen molar-refractivity contribution >= 4 is 50.7 Å². The van der Waals surface area contributed by atoms with Crippen LogP contribution in [0.15, 0.2) is 0 Å². The predicted octanol–water partition coefficient (Wildman–Crippen LogP) is -1.31. The fourth-order valence-corrected chi connectivity index (χ4v) is 1.06. The van der Waals surface area contributed by atoms with Crippen LogP contribution in [0.1, 0.15) is 38.5 Å². The fraction of sp³-hybridized carbons (Fsp3) is 0.750. The summed E-state index contributed by atoms with van der Waals surface area (Å²) in [5.74, 6) is 0. The first-order chi connectivity index (χ1) is 5.83. The number of hydrogen-bond donors (Lipinski definition) is 0. The molecule has 0 unspecified atom stereocenters. The summed E-state index contributed by atoms with van der Waals surface area (Å²) < 4.78 is 0. The van der Waals surface area contributed by atoms with Gasteiger partial charge in [-0.3, -0.25) is 0 Å². The van der Waals surface area contributed by atoms with Crippen LogP contribution >= 0.6 is 0 Å². The van der Waals surface area contributed by atoms with Crippen molar-refractivity contribution in [2.45, 2.75) is 38.5 Å². The van der Waals surface area contributed by atoms with Crippen molar-refractivity contribution in [2.75, 3.05) is 0 Å². The Bertz CT molecular complexity index is 76.6. The zero-order valence-electron chi connectivity index (χ0n) is 7.74. The standard InChI is InChI=1S/C6H12.2CH2O2.Ca/c1-2-4-6-5-3-1;2*2-1-3;/h1-6H2;2*1H,(H,2,3);/q;;;+2/p-2. The maximum Gasteiger partial charge on any atom is 2.00 e. The molecule has 0 spiro atoms. The van der Waals surface area contributed by atoms with Crippen LogP contribution in [0, 0.1) is 0 Å². The molecule has 72 valence electrons. The summed E-state index contributed by atoms with van der Waals surface area (Å²) in [6, 6.07) is 0. The molecule has 1 aliphatic rings. The number of hydrogen-bond acceptors (Lipinski definition) is 4. The van der Waals surface area contributed by atoms with Gasteiger partial charge in [-0.25, -0.2) is 0 Å². The van der Waals surface area contributed by atoms with Crippen molar-refractivity contribution in [3.8, 4) is 0 Å². The molecule has 0 atom stereocenters. The van der Waals surface area contributed by atoms with E-state index in [0.29, 0.717) is 0 Å². The molecule has 0 bridgehead atoms. The van der Waals surface area contributed by atoms with Crippen molar-refractivity contribution in [2.24, 2.45) is 0 Å². The molecular formula is C8H14CaO4. The Balaban J connectivity index is -0.000000126. The minimum Gasteiger partial charge on any atom is -0.554 e. The molecule has 0 aromatic carbocycles. The largest absolute Gasteiger partial charge is 2.00 e. The molecule has 1 saturated carbocycles. The quantitative estimate of drug-likeness (QED) is 0.370. The fourth-order valence-electron chi connectivity index (χ4n) is 1.06. The van der Waals surface area contributed by atoms with Crippen LogP contribution in [0.4, 0.5) is 0 Å². The number of rotatable bonds is 0. The third-order valence-corrected chi connectivity index (χ3v) is 1.50. The maximum atomic E-state index is 8.25. The molecule has 0 N–H and O–H groups in total. The molecule has 0 aromatic heterocycles. The van der Waals surface area contributed by atoms with Crippen molar-refractivity contribution in [3.63, 3.8) is 0 Å². The van der Waals surface area contributed by atoms with E-state index in [1.165, 1.54) is 38.5 Å². The Labute approximate surface area is 108 Å². The third kappa shape index (κ3) is 33.0. The van der Waals surface area contributed by atoms with E-state index in [9.17, 15) is 0 Å². The zero-order valence-corrected chi connectivity index (χ0v) is 9.95. The van der Waals surface area contributed by atoms with Gasteiger partial charge in [0.15, 0.2) is 0 Å². The van der Waals surface area contributed by atoms with Crippen LogP contribution in [0.2, 0.25) is 0 Å². The van der Waals surface area contributed by atoms with Gasteiger partial charge in [0, 0.05) is 12.9 Å². The Morgan fingerprint density at radius 1 is 0.692 bits per heavy atom. The van der Waals surface area contributed by atoms with Crippen molar-refractivity contribution in [1.82, 2.24) is 0 Å². The van der Waals surface area contributed by atoms with Crippen LogP contribution < -0.4 is 10.2 Å². The van der Waals surface area contributed by atoms with Crippen molar-refractivity contribution in [1.29, 1.82) is 0 Å². The van der Waals surface area contributed by atoms with Crippen LogP contribution in [-0.4, -0.2) is 50.7 Å². The van der Waals surface area contributed by atoms with Gasteiger partial charge in [0.1, 0.15) is 0 Å². The maximum absolute atomic E-state index is 8.25.